The molecule has 2 aromatic rings. The molecular weight excluding hydrogens is 269 g/mol. The lowest BCUT2D eigenvalue weighted by molar-refractivity contribution is 0.0956. The van der Waals surface area contributed by atoms with Crippen LogP contribution in [0.3, 0.4) is 0 Å². The molecule has 0 fully saturated rings. The van der Waals surface area contributed by atoms with Crippen molar-refractivity contribution in [3.63, 3.8) is 0 Å². The van der Waals surface area contributed by atoms with E-state index < -0.39 is 0 Å². The summed E-state index contributed by atoms with van der Waals surface area (Å²) in [5.74, 6) is -0.439. The smallest absolute Gasteiger partial charge is 0.251 e. The molecule has 5 heteroatoms. The molecule has 0 spiro atoms. The van der Waals surface area contributed by atoms with Crippen molar-refractivity contribution in [2.75, 3.05) is 17.6 Å². The zero-order valence-electron chi connectivity index (χ0n) is 12.0. The van der Waals surface area contributed by atoms with Crippen LogP contribution in [0.5, 0.6) is 0 Å². The molecular formula is C16H18FN3O. The molecule has 0 heterocycles. The van der Waals surface area contributed by atoms with Crippen LogP contribution in [0, 0.1) is 12.7 Å². The number of nitrogens with two attached hydrogens (primary N) is 1. The Morgan fingerprint density at radius 1 is 1.19 bits per heavy atom. The second kappa shape index (κ2) is 6.26. The number of halogens is 1. The van der Waals surface area contributed by atoms with Crippen LogP contribution >= 0.6 is 0 Å². The van der Waals surface area contributed by atoms with Crippen molar-refractivity contribution in [3.8, 4) is 0 Å². The van der Waals surface area contributed by atoms with E-state index >= 15 is 0 Å². The summed E-state index contributed by atoms with van der Waals surface area (Å²) in [5.41, 5.74) is 9.17. The molecule has 4 N–H and O–H groups in total. The predicted molar refractivity (Wildman–Crippen MR) is 83.3 cm³/mol. The molecule has 1 amide bonds. The minimum Gasteiger partial charge on any atom is -0.397 e. The third kappa shape index (κ3) is 3.51. The number of benzene rings is 2. The summed E-state index contributed by atoms with van der Waals surface area (Å²) in [6.45, 7) is 4.23. The highest BCUT2D eigenvalue weighted by molar-refractivity contribution is 5.96. The van der Waals surface area contributed by atoms with Gasteiger partial charge in [-0.25, -0.2) is 4.39 Å². The number of nitrogens with one attached hydrogen (secondary N) is 2. The molecule has 0 unspecified atom stereocenters. The van der Waals surface area contributed by atoms with E-state index in [4.69, 9.17) is 5.73 Å². The van der Waals surface area contributed by atoms with E-state index in [1.54, 1.807) is 24.3 Å². The maximum absolute atomic E-state index is 13.1. The summed E-state index contributed by atoms with van der Waals surface area (Å²) in [7, 11) is 0. The second-order valence-electron chi connectivity index (χ2n) is 4.75. The number of rotatable bonds is 4. The maximum atomic E-state index is 13.1. The quantitative estimate of drug-likeness (QED) is 0.756. The minimum absolute atomic E-state index is 0.159. The van der Waals surface area contributed by atoms with Gasteiger partial charge in [0.1, 0.15) is 5.82 Å². The van der Waals surface area contributed by atoms with Crippen LogP contribution < -0.4 is 16.4 Å². The fourth-order valence-corrected chi connectivity index (χ4v) is 1.99. The average Bonchev–Trinajstić information content (AvgIpc) is 2.44. The van der Waals surface area contributed by atoms with Crippen molar-refractivity contribution < 1.29 is 9.18 Å². The number of carbonyl (C=O) groups excluding carboxylic acids is 1. The number of hydrogen-bond acceptors (Lipinski definition) is 3. The van der Waals surface area contributed by atoms with E-state index in [-0.39, 0.29) is 11.7 Å². The van der Waals surface area contributed by atoms with E-state index in [0.29, 0.717) is 23.5 Å². The number of nitrogen functional groups attached to an aromatic ring is 1. The Hall–Kier alpha value is -2.56. The van der Waals surface area contributed by atoms with Gasteiger partial charge in [-0.15, -0.1) is 0 Å². The van der Waals surface area contributed by atoms with Gasteiger partial charge in [-0.1, -0.05) is 0 Å². The lowest BCUT2D eigenvalue weighted by Crippen LogP contribution is -2.22. The Morgan fingerprint density at radius 2 is 1.90 bits per heavy atom. The van der Waals surface area contributed by atoms with Crippen molar-refractivity contribution in [1.29, 1.82) is 0 Å². The Labute approximate surface area is 123 Å². The SMILES string of the molecule is CCNC(=O)c1ccc(Nc2ccc(F)cc2C)c(N)c1. The molecule has 0 aliphatic carbocycles. The first-order valence-corrected chi connectivity index (χ1v) is 6.72. The van der Waals surface area contributed by atoms with E-state index in [9.17, 15) is 9.18 Å². The summed E-state index contributed by atoms with van der Waals surface area (Å²) in [6.07, 6.45) is 0. The summed E-state index contributed by atoms with van der Waals surface area (Å²) in [6, 6.07) is 9.54. The molecule has 0 atom stereocenters. The highest BCUT2D eigenvalue weighted by atomic mass is 19.1. The topological polar surface area (TPSA) is 67.2 Å². The largest absolute Gasteiger partial charge is 0.397 e. The average molecular weight is 287 g/mol. The number of anilines is 3. The zero-order chi connectivity index (χ0) is 15.4. The van der Waals surface area contributed by atoms with E-state index in [1.807, 2.05) is 13.8 Å². The molecule has 0 saturated carbocycles. The van der Waals surface area contributed by atoms with Gasteiger partial charge >= 0.3 is 0 Å². The molecule has 110 valence electrons. The van der Waals surface area contributed by atoms with Gasteiger partial charge in [0.25, 0.3) is 5.91 Å². The van der Waals surface area contributed by atoms with Crippen molar-refractivity contribution in [3.05, 3.63) is 53.3 Å². The number of amides is 1. The third-order valence-corrected chi connectivity index (χ3v) is 3.11. The van der Waals surface area contributed by atoms with E-state index in [0.717, 1.165) is 11.3 Å². The van der Waals surface area contributed by atoms with Crippen LogP contribution in [0.2, 0.25) is 0 Å². The van der Waals surface area contributed by atoms with Crippen LogP contribution in [0.1, 0.15) is 22.8 Å². The van der Waals surface area contributed by atoms with Crippen molar-refractivity contribution in [1.82, 2.24) is 5.32 Å². The number of aryl methyl sites for hydroxylation is 1. The predicted octanol–water partition coefficient (Wildman–Crippen LogP) is 3.21. The zero-order valence-corrected chi connectivity index (χ0v) is 12.0. The Morgan fingerprint density at radius 3 is 2.52 bits per heavy atom. The normalized spacial score (nSPS) is 10.2. The Kier molecular flexibility index (Phi) is 4.42. The van der Waals surface area contributed by atoms with Crippen LogP contribution in [-0.4, -0.2) is 12.5 Å². The monoisotopic (exact) mass is 287 g/mol. The standard InChI is InChI=1S/C16H18FN3O/c1-3-19-16(21)11-4-6-15(13(18)9-11)20-14-7-5-12(17)8-10(14)2/h4-9,20H,3,18H2,1-2H3,(H,19,21). The van der Waals surface area contributed by atoms with E-state index in [2.05, 4.69) is 10.6 Å². The van der Waals surface area contributed by atoms with Crippen molar-refractivity contribution in [2.24, 2.45) is 0 Å². The van der Waals surface area contributed by atoms with Gasteiger partial charge in [-0.05, 0) is 55.8 Å². The summed E-state index contributed by atoms with van der Waals surface area (Å²) >= 11 is 0. The molecule has 0 aliphatic rings. The van der Waals surface area contributed by atoms with Gasteiger partial charge in [0.15, 0.2) is 0 Å². The minimum atomic E-state index is -0.280. The molecule has 2 rings (SSSR count). The number of carbonyl (C=O) groups is 1. The van der Waals surface area contributed by atoms with Crippen LogP contribution in [0.4, 0.5) is 21.5 Å². The molecule has 21 heavy (non-hydrogen) atoms. The lowest BCUT2D eigenvalue weighted by Gasteiger charge is -2.13. The highest BCUT2D eigenvalue weighted by Gasteiger charge is 2.08. The first kappa shape index (κ1) is 14.8. The van der Waals surface area contributed by atoms with Gasteiger partial charge in [-0.3, -0.25) is 4.79 Å². The molecule has 0 bridgehead atoms. The van der Waals surface area contributed by atoms with Gasteiger partial charge in [0.2, 0.25) is 0 Å². The summed E-state index contributed by atoms with van der Waals surface area (Å²) in [4.78, 5) is 11.7. The molecule has 4 nitrogen and oxygen atoms in total. The molecule has 2 aromatic carbocycles. The van der Waals surface area contributed by atoms with Gasteiger partial charge in [-0.2, -0.15) is 0 Å². The van der Waals surface area contributed by atoms with Crippen LogP contribution in [0.25, 0.3) is 0 Å². The fourth-order valence-electron chi connectivity index (χ4n) is 1.99. The summed E-state index contributed by atoms with van der Waals surface area (Å²) < 4.78 is 13.1. The first-order valence-electron chi connectivity index (χ1n) is 6.72. The maximum Gasteiger partial charge on any atom is 0.251 e. The first-order chi connectivity index (χ1) is 10.0. The van der Waals surface area contributed by atoms with Gasteiger partial charge in [0, 0.05) is 17.8 Å². The summed E-state index contributed by atoms with van der Waals surface area (Å²) in [5, 5.41) is 5.86. The number of hydrogen-bond donors (Lipinski definition) is 3. The van der Waals surface area contributed by atoms with Gasteiger partial charge in [0.05, 0.1) is 11.4 Å². The molecule has 0 aliphatic heterocycles. The molecule has 0 saturated heterocycles. The van der Waals surface area contributed by atoms with Crippen molar-refractivity contribution in [2.45, 2.75) is 13.8 Å². The van der Waals surface area contributed by atoms with Crippen LogP contribution in [0.15, 0.2) is 36.4 Å². The second-order valence-corrected chi connectivity index (χ2v) is 4.75. The lowest BCUT2D eigenvalue weighted by atomic mass is 10.1. The van der Waals surface area contributed by atoms with Crippen molar-refractivity contribution >= 4 is 23.0 Å². The van der Waals surface area contributed by atoms with E-state index in [1.165, 1.54) is 12.1 Å². The fraction of sp³-hybridized carbons (Fsp3) is 0.188. The highest BCUT2D eigenvalue weighted by Crippen LogP contribution is 2.26. The molecule has 0 radical (unpaired) electrons. The Bertz CT molecular complexity index is 671. The third-order valence-electron chi connectivity index (χ3n) is 3.11. The van der Waals surface area contributed by atoms with Crippen LogP contribution in [-0.2, 0) is 0 Å². The molecule has 0 aromatic heterocycles. The van der Waals surface area contributed by atoms with Gasteiger partial charge < -0.3 is 16.4 Å². The Balaban J connectivity index is 2.23.